The van der Waals surface area contributed by atoms with Crippen molar-refractivity contribution in [1.82, 2.24) is 0 Å². The second kappa shape index (κ2) is 8.10. The second-order valence-electron chi connectivity index (χ2n) is 5.57. The van der Waals surface area contributed by atoms with Crippen LogP contribution < -0.4 is 0 Å². The quantitative estimate of drug-likeness (QED) is 0.478. The molecule has 0 amide bonds. The molecule has 0 bridgehead atoms. The molecule has 0 rings (SSSR count). The summed E-state index contributed by atoms with van der Waals surface area (Å²) in [5.41, 5.74) is -0.706. The van der Waals surface area contributed by atoms with Gasteiger partial charge in [0, 0.05) is 12.0 Å². The van der Waals surface area contributed by atoms with Gasteiger partial charge in [-0.2, -0.15) is 0 Å². The van der Waals surface area contributed by atoms with Crippen LogP contribution in [-0.2, 0) is 0 Å². The standard InChI is InChI=1S/C14H30O4/c1-4-13(3,5-2)14(10-16,11-17)8-6-12(18)7-9-15/h12,15-18H,4-11H2,1-3H3. The van der Waals surface area contributed by atoms with Crippen LogP contribution in [0.15, 0.2) is 0 Å². The maximum Gasteiger partial charge on any atom is 0.0562 e. The summed E-state index contributed by atoms with van der Waals surface area (Å²) >= 11 is 0. The second-order valence-corrected chi connectivity index (χ2v) is 5.57. The smallest absolute Gasteiger partial charge is 0.0562 e. The van der Waals surface area contributed by atoms with Crippen molar-refractivity contribution in [2.24, 2.45) is 10.8 Å². The van der Waals surface area contributed by atoms with E-state index in [9.17, 15) is 15.3 Å². The van der Waals surface area contributed by atoms with Crippen LogP contribution in [0.5, 0.6) is 0 Å². The lowest BCUT2D eigenvalue weighted by Gasteiger charge is -2.47. The highest BCUT2D eigenvalue weighted by Gasteiger charge is 2.44. The molecule has 0 aromatic carbocycles. The molecule has 4 heteroatoms. The van der Waals surface area contributed by atoms with Gasteiger partial charge in [0.25, 0.3) is 0 Å². The molecule has 0 saturated carbocycles. The SMILES string of the molecule is CCC(C)(CC)C(CO)(CO)CCC(O)CCO. The first-order valence-electron chi connectivity index (χ1n) is 6.96. The Hall–Kier alpha value is -0.160. The zero-order valence-electron chi connectivity index (χ0n) is 12.0. The Labute approximate surface area is 111 Å². The van der Waals surface area contributed by atoms with Crippen molar-refractivity contribution in [2.45, 2.75) is 59.0 Å². The van der Waals surface area contributed by atoms with Gasteiger partial charge in [-0.1, -0.05) is 33.6 Å². The summed E-state index contributed by atoms with van der Waals surface area (Å²) in [7, 11) is 0. The fourth-order valence-electron chi connectivity index (χ4n) is 2.63. The number of aliphatic hydroxyl groups is 4. The first kappa shape index (κ1) is 17.8. The van der Waals surface area contributed by atoms with Gasteiger partial charge in [-0.25, -0.2) is 0 Å². The fraction of sp³-hybridized carbons (Fsp3) is 1.00. The van der Waals surface area contributed by atoms with Crippen molar-refractivity contribution >= 4 is 0 Å². The Morgan fingerprint density at radius 3 is 1.78 bits per heavy atom. The zero-order chi connectivity index (χ0) is 14.2. The van der Waals surface area contributed by atoms with Gasteiger partial charge in [-0.05, 0) is 24.7 Å². The summed E-state index contributed by atoms with van der Waals surface area (Å²) in [6, 6.07) is 0. The molecule has 0 saturated heterocycles. The Kier molecular flexibility index (Phi) is 8.03. The van der Waals surface area contributed by atoms with Crippen molar-refractivity contribution in [2.75, 3.05) is 19.8 Å². The number of hydrogen-bond donors (Lipinski definition) is 4. The van der Waals surface area contributed by atoms with Crippen molar-refractivity contribution in [3.63, 3.8) is 0 Å². The summed E-state index contributed by atoms with van der Waals surface area (Å²) in [6.07, 6.45) is 2.60. The molecule has 1 unspecified atom stereocenters. The molecule has 1 atom stereocenters. The highest BCUT2D eigenvalue weighted by atomic mass is 16.3. The van der Waals surface area contributed by atoms with Crippen LogP contribution in [0.4, 0.5) is 0 Å². The van der Waals surface area contributed by atoms with E-state index in [1.807, 2.05) is 0 Å². The predicted molar refractivity (Wildman–Crippen MR) is 72.2 cm³/mol. The van der Waals surface area contributed by atoms with E-state index in [2.05, 4.69) is 20.8 Å². The highest BCUT2D eigenvalue weighted by molar-refractivity contribution is 4.94. The summed E-state index contributed by atoms with van der Waals surface area (Å²) in [4.78, 5) is 0. The Morgan fingerprint density at radius 2 is 1.44 bits per heavy atom. The Bertz CT molecular complexity index is 210. The van der Waals surface area contributed by atoms with E-state index >= 15 is 0 Å². The lowest BCUT2D eigenvalue weighted by atomic mass is 9.60. The minimum absolute atomic E-state index is 0.0365. The molecule has 0 aliphatic carbocycles. The Balaban J connectivity index is 4.81. The molecular formula is C14H30O4. The molecule has 18 heavy (non-hydrogen) atoms. The number of hydrogen-bond acceptors (Lipinski definition) is 4. The van der Waals surface area contributed by atoms with Crippen LogP contribution in [0.25, 0.3) is 0 Å². The molecule has 0 fully saturated rings. The topological polar surface area (TPSA) is 80.9 Å². The van der Waals surface area contributed by atoms with E-state index in [1.165, 1.54) is 0 Å². The lowest BCUT2D eigenvalue weighted by molar-refractivity contribution is -0.0701. The predicted octanol–water partition coefficient (Wildman–Crippen LogP) is 1.31. The van der Waals surface area contributed by atoms with E-state index in [0.717, 1.165) is 12.8 Å². The molecule has 0 spiro atoms. The monoisotopic (exact) mass is 262 g/mol. The van der Waals surface area contributed by atoms with Gasteiger partial charge in [-0.15, -0.1) is 0 Å². The Morgan fingerprint density at radius 1 is 0.944 bits per heavy atom. The maximum absolute atomic E-state index is 9.73. The van der Waals surface area contributed by atoms with Crippen molar-refractivity contribution in [3.05, 3.63) is 0 Å². The van der Waals surface area contributed by atoms with E-state index in [4.69, 9.17) is 5.11 Å². The van der Waals surface area contributed by atoms with Crippen LogP contribution >= 0.6 is 0 Å². The summed E-state index contributed by atoms with van der Waals surface area (Å²) in [6.45, 7) is 6.02. The van der Waals surface area contributed by atoms with Crippen LogP contribution in [0.3, 0.4) is 0 Å². The summed E-state index contributed by atoms with van der Waals surface area (Å²) in [5.74, 6) is 0. The van der Waals surface area contributed by atoms with Crippen LogP contribution in [0.1, 0.15) is 52.9 Å². The van der Waals surface area contributed by atoms with Crippen LogP contribution in [0.2, 0.25) is 0 Å². The van der Waals surface area contributed by atoms with Crippen molar-refractivity contribution in [1.29, 1.82) is 0 Å². The van der Waals surface area contributed by atoms with Gasteiger partial charge in [-0.3, -0.25) is 0 Å². The molecule has 0 aromatic rings. The van der Waals surface area contributed by atoms with Gasteiger partial charge < -0.3 is 20.4 Å². The van der Waals surface area contributed by atoms with Gasteiger partial charge in [0.15, 0.2) is 0 Å². The molecule has 0 aliphatic rings. The van der Waals surface area contributed by atoms with E-state index < -0.39 is 11.5 Å². The third-order valence-corrected chi connectivity index (χ3v) is 4.86. The van der Waals surface area contributed by atoms with Crippen molar-refractivity contribution in [3.8, 4) is 0 Å². The molecule has 0 aliphatic heterocycles. The lowest BCUT2D eigenvalue weighted by Crippen LogP contribution is -2.46. The minimum Gasteiger partial charge on any atom is -0.396 e. The van der Waals surface area contributed by atoms with Gasteiger partial charge >= 0.3 is 0 Å². The van der Waals surface area contributed by atoms with Crippen molar-refractivity contribution < 1.29 is 20.4 Å². The molecule has 0 aromatic heterocycles. The number of aliphatic hydroxyl groups excluding tert-OH is 4. The first-order chi connectivity index (χ1) is 8.45. The van der Waals surface area contributed by atoms with Gasteiger partial charge in [0.05, 0.1) is 19.3 Å². The molecule has 0 heterocycles. The first-order valence-corrected chi connectivity index (χ1v) is 6.96. The minimum atomic E-state index is -0.564. The van der Waals surface area contributed by atoms with Crippen LogP contribution in [-0.4, -0.2) is 46.4 Å². The molecule has 4 nitrogen and oxygen atoms in total. The molecular weight excluding hydrogens is 232 g/mol. The third-order valence-electron chi connectivity index (χ3n) is 4.86. The maximum atomic E-state index is 9.73. The molecule has 0 radical (unpaired) electrons. The van der Waals surface area contributed by atoms with E-state index in [1.54, 1.807) is 0 Å². The average molecular weight is 262 g/mol. The normalized spacial score (nSPS) is 14.8. The summed E-state index contributed by atoms with van der Waals surface area (Å²) in [5, 5.41) is 37.9. The third kappa shape index (κ3) is 3.92. The number of rotatable bonds is 10. The van der Waals surface area contributed by atoms with E-state index in [0.29, 0.717) is 19.3 Å². The highest BCUT2D eigenvalue weighted by Crippen LogP contribution is 2.47. The largest absolute Gasteiger partial charge is 0.396 e. The summed E-state index contributed by atoms with van der Waals surface area (Å²) < 4.78 is 0. The van der Waals surface area contributed by atoms with E-state index in [-0.39, 0.29) is 25.2 Å². The van der Waals surface area contributed by atoms with Gasteiger partial charge in [0.1, 0.15) is 0 Å². The molecule has 4 N–H and O–H groups in total. The van der Waals surface area contributed by atoms with Crippen LogP contribution in [0, 0.1) is 10.8 Å². The molecule has 110 valence electrons. The van der Waals surface area contributed by atoms with Gasteiger partial charge in [0.2, 0.25) is 0 Å². The fourth-order valence-corrected chi connectivity index (χ4v) is 2.63. The average Bonchev–Trinajstić information content (AvgIpc) is 2.40. The zero-order valence-corrected chi connectivity index (χ0v) is 12.0.